The highest BCUT2D eigenvalue weighted by Crippen LogP contribution is 2.34. The normalized spacial score (nSPS) is 14.5. The summed E-state index contributed by atoms with van der Waals surface area (Å²) >= 11 is 1.45. The number of halogens is 3. The van der Waals surface area contributed by atoms with Gasteiger partial charge in [0.25, 0.3) is 5.89 Å². The van der Waals surface area contributed by atoms with Gasteiger partial charge in [-0.15, -0.1) is 21.5 Å². The second kappa shape index (κ2) is 10.2. The van der Waals surface area contributed by atoms with Gasteiger partial charge in [-0.1, -0.05) is 13.3 Å². The fourth-order valence-corrected chi connectivity index (χ4v) is 4.82. The third-order valence-electron chi connectivity index (χ3n) is 5.28. The lowest BCUT2D eigenvalue weighted by Gasteiger charge is -2.37. The van der Waals surface area contributed by atoms with E-state index in [9.17, 15) is 18.0 Å². The molecule has 1 aliphatic heterocycles. The van der Waals surface area contributed by atoms with Gasteiger partial charge in [0.05, 0.1) is 18.5 Å². The summed E-state index contributed by atoms with van der Waals surface area (Å²) in [6, 6.07) is 1.94. The van der Waals surface area contributed by atoms with Gasteiger partial charge < -0.3 is 19.0 Å². The van der Waals surface area contributed by atoms with Crippen molar-refractivity contribution in [2.75, 3.05) is 31.1 Å². The van der Waals surface area contributed by atoms with Crippen molar-refractivity contribution >= 4 is 45.0 Å². The number of aryl methyl sites for hydroxylation is 1. The Labute approximate surface area is 207 Å². The van der Waals surface area contributed by atoms with Gasteiger partial charge >= 0.3 is 12.1 Å². The molecular weight excluding hydrogens is 501 g/mol. The van der Waals surface area contributed by atoms with Crippen LogP contribution in [-0.4, -0.2) is 75.1 Å². The molecule has 0 aliphatic carbocycles. The smallest absolute Gasteiger partial charge is 0.449 e. The van der Waals surface area contributed by atoms with Crippen LogP contribution in [0.1, 0.15) is 31.0 Å². The number of anilines is 1. The van der Waals surface area contributed by atoms with E-state index >= 15 is 0 Å². The van der Waals surface area contributed by atoms with Gasteiger partial charge in [-0.2, -0.15) is 13.2 Å². The quantitative estimate of drug-likeness (QED) is 0.270. The zero-order valence-corrected chi connectivity index (χ0v) is 20.3. The summed E-state index contributed by atoms with van der Waals surface area (Å²) in [7, 11) is 0. The fraction of sp³-hybridized carbons (Fsp3) is 0.476. The van der Waals surface area contributed by atoms with E-state index in [0.717, 1.165) is 17.7 Å². The maximum atomic E-state index is 13.0. The van der Waals surface area contributed by atoms with Crippen molar-refractivity contribution in [1.29, 1.82) is 10.8 Å². The van der Waals surface area contributed by atoms with Crippen LogP contribution in [0.25, 0.3) is 21.9 Å². The number of ether oxygens (including phenoxy) is 1. The Morgan fingerprint density at radius 2 is 2.03 bits per heavy atom. The van der Waals surface area contributed by atoms with E-state index in [1.165, 1.54) is 11.3 Å². The van der Waals surface area contributed by atoms with Crippen LogP contribution in [0.15, 0.2) is 10.5 Å². The Balaban J connectivity index is 1.67. The van der Waals surface area contributed by atoms with Gasteiger partial charge in [0.15, 0.2) is 0 Å². The standard InChI is InChI=1S/C21H23F3N8O3S/c1-3-5-11-8-12-17(31-6-7-32(13(25)10-31)20(26)21(22,23)24)27-16(28-19(12)36-11)18-30-29-14(35-18)9-15(33)34-4-2/h8,25-26H,3-7,9-10H2,1-2H3. The summed E-state index contributed by atoms with van der Waals surface area (Å²) in [5, 5.41) is 24.1. The van der Waals surface area contributed by atoms with Crippen LogP contribution >= 0.6 is 11.3 Å². The average molecular weight is 525 g/mol. The second-order valence-corrected chi connectivity index (χ2v) is 9.02. The van der Waals surface area contributed by atoms with E-state index in [2.05, 4.69) is 20.2 Å². The van der Waals surface area contributed by atoms with Crippen LogP contribution in [0.4, 0.5) is 19.0 Å². The van der Waals surface area contributed by atoms with Crippen LogP contribution in [0.3, 0.4) is 0 Å². The molecule has 3 aromatic heterocycles. The molecule has 0 radical (unpaired) electrons. The van der Waals surface area contributed by atoms with Crippen LogP contribution in [0.2, 0.25) is 0 Å². The number of hydrogen-bond acceptors (Lipinski definition) is 11. The van der Waals surface area contributed by atoms with E-state index in [1.54, 1.807) is 11.8 Å². The third kappa shape index (κ3) is 5.29. The minimum Gasteiger partial charge on any atom is -0.466 e. The molecule has 0 amide bonds. The highest BCUT2D eigenvalue weighted by molar-refractivity contribution is 7.18. The lowest BCUT2D eigenvalue weighted by atomic mass is 10.2. The first-order valence-electron chi connectivity index (χ1n) is 11.1. The molecule has 4 rings (SSSR count). The molecule has 4 heterocycles. The number of hydrogen-bond donors (Lipinski definition) is 2. The van der Waals surface area contributed by atoms with Gasteiger partial charge in [-0.25, -0.2) is 9.97 Å². The molecular formula is C21H23F3N8O3S. The number of alkyl halides is 3. The SMILES string of the molecule is CCCc1cc2c(N3CCN(C(=N)C(F)(F)F)C(=N)C3)nc(-c3nnc(CC(=O)OCC)o3)nc2s1. The van der Waals surface area contributed by atoms with Gasteiger partial charge in [0, 0.05) is 18.0 Å². The summed E-state index contributed by atoms with van der Waals surface area (Å²) in [6.45, 7) is 3.66. The van der Waals surface area contributed by atoms with Crippen molar-refractivity contribution in [2.24, 2.45) is 0 Å². The number of esters is 1. The predicted octanol–water partition coefficient (Wildman–Crippen LogP) is 3.44. The zero-order valence-electron chi connectivity index (χ0n) is 19.5. The van der Waals surface area contributed by atoms with E-state index in [0.29, 0.717) is 20.9 Å². The predicted molar refractivity (Wildman–Crippen MR) is 125 cm³/mol. The Morgan fingerprint density at radius 1 is 1.25 bits per heavy atom. The maximum absolute atomic E-state index is 13.0. The number of rotatable bonds is 7. The molecule has 0 unspecified atom stereocenters. The molecule has 36 heavy (non-hydrogen) atoms. The topological polar surface area (TPSA) is 145 Å². The zero-order chi connectivity index (χ0) is 26.0. The summed E-state index contributed by atoms with van der Waals surface area (Å²) in [6.07, 6.45) is -3.33. The van der Waals surface area contributed by atoms with Gasteiger partial charge in [0.1, 0.15) is 22.9 Å². The molecule has 1 aliphatic rings. The highest BCUT2D eigenvalue weighted by Gasteiger charge is 2.41. The summed E-state index contributed by atoms with van der Waals surface area (Å²) in [4.78, 5) is 24.8. The third-order valence-corrected chi connectivity index (χ3v) is 6.37. The molecule has 0 bridgehead atoms. The highest BCUT2D eigenvalue weighted by atomic mass is 32.1. The van der Waals surface area contributed by atoms with Crippen LogP contribution in [0, 0.1) is 10.8 Å². The maximum Gasteiger partial charge on any atom is 0.449 e. The molecule has 1 fully saturated rings. The van der Waals surface area contributed by atoms with Crippen molar-refractivity contribution in [3.8, 4) is 11.7 Å². The minimum absolute atomic E-state index is 0.0181. The number of nitrogens with zero attached hydrogens (tertiary/aromatic N) is 6. The van der Waals surface area contributed by atoms with E-state index in [1.807, 2.05) is 13.0 Å². The molecule has 192 valence electrons. The van der Waals surface area contributed by atoms with Crippen molar-refractivity contribution in [3.05, 3.63) is 16.8 Å². The number of aromatic nitrogens is 4. The number of nitrogens with one attached hydrogen (secondary N) is 2. The molecule has 11 nitrogen and oxygen atoms in total. The van der Waals surface area contributed by atoms with Crippen molar-refractivity contribution in [3.63, 3.8) is 0 Å². The minimum atomic E-state index is -4.84. The number of fused-ring (bicyclic) bond motifs is 1. The molecule has 2 N–H and O–H groups in total. The number of piperazine rings is 1. The molecule has 1 saturated heterocycles. The van der Waals surface area contributed by atoms with E-state index in [4.69, 9.17) is 20.0 Å². The van der Waals surface area contributed by atoms with Crippen LogP contribution in [-0.2, 0) is 22.4 Å². The van der Waals surface area contributed by atoms with Gasteiger partial charge in [-0.05, 0) is 19.4 Å². The number of carbonyl (C=O) groups is 1. The van der Waals surface area contributed by atoms with Crippen molar-refractivity contribution in [2.45, 2.75) is 39.3 Å². The first kappa shape index (κ1) is 25.5. The van der Waals surface area contributed by atoms with Crippen molar-refractivity contribution in [1.82, 2.24) is 25.1 Å². The van der Waals surface area contributed by atoms with Crippen LogP contribution in [0.5, 0.6) is 0 Å². The monoisotopic (exact) mass is 524 g/mol. The number of amidine groups is 2. The van der Waals surface area contributed by atoms with Gasteiger partial charge in [0.2, 0.25) is 17.6 Å². The largest absolute Gasteiger partial charge is 0.466 e. The van der Waals surface area contributed by atoms with E-state index < -0.39 is 18.0 Å². The second-order valence-electron chi connectivity index (χ2n) is 7.90. The summed E-state index contributed by atoms with van der Waals surface area (Å²) in [5.41, 5.74) is 0. The van der Waals surface area contributed by atoms with Gasteiger partial charge in [-0.3, -0.25) is 15.6 Å². The average Bonchev–Trinajstić information content (AvgIpc) is 3.44. The summed E-state index contributed by atoms with van der Waals surface area (Å²) < 4.78 is 49.5. The lowest BCUT2D eigenvalue weighted by Crippen LogP contribution is -2.55. The molecule has 0 saturated carbocycles. The van der Waals surface area contributed by atoms with E-state index in [-0.39, 0.29) is 56.1 Å². The fourth-order valence-electron chi connectivity index (χ4n) is 3.69. The Kier molecular flexibility index (Phi) is 7.19. The molecule has 0 spiro atoms. The van der Waals surface area contributed by atoms with Crippen molar-refractivity contribution < 1.29 is 27.1 Å². The number of carbonyl (C=O) groups excluding carboxylic acids is 1. The van der Waals surface area contributed by atoms with Crippen LogP contribution < -0.4 is 4.90 Å². The lowest BCUT2D eigenvalue weighted by molar-refractivity contribution is -0.142. The molecule has 15 heteroatoms. The number of thiophene rings is 1. The first-order valence-corrected chi connectivity index (χ1v) is 12.0. The Bertz CT molecular complexity index is 1310. The first-order chi connectivity index (χ1) is 17.1. The Morgan fingerprint density at radius 3 is 2.69 bits per heavy atom. The molecule has 0 atom stereocenters. The molecule has 3 aromatic rings. The molecule has 0 aromatic carbocycles. The Hall–Kier alpha value is -3.62. The summed E-state index contributed by atoms with van der Waals surface area (Å²) in [5.74, 6) is -1.92.